The predicted octanol–water partition coefficient (Wildman–Crippen LogP) is 5.33. The molecule has 0 saturated heterocycles. The van der Waals surface area contributed by atoms with E-state index >= 15 is 0 Å². The third-order valence-corrected chi connectivity index (χ3v) is 6.79. The minimum atomic E-state index is -0.396. The first-order valence-electron chi connectivity index (χ1n) is 9.87. The summed E-state index contributed by atoms with van der Waals surface area (Å²) in [7, 11) is 0. The van der Waals surface area contributed by atoms with E-state index in [2.05, 4.69) is 17.6 Å². The van der Waals surface area contributed by atoms with Crippen LogP contribution in [0.1, 0.15) is 58.3 Å². The van der Waals surface area contributed by atoms with Gasteiger partial charge < -0.3 is 10.6 Å². The van der Waals surface area contributed by atoms with Gasteiger partial charge in [-0.25, -0.2) is 9.18 Å². The third kappa shape index (κ3) is 3.54. The number of carbonyl (C=O) groups is 1. The van der Waals surface area contributed by atoms with Crippen LogP contribution < -0.4 is 10.6 Å². The summed E-state index contributed by atoms with van der Waals surface area (Å²) in [4.78, 5) is 12.3. The second kappa shape index (κ2) is 6.62. The number of para-hydroxylation sites is 1. The Labute approximate surface area is 149 Å². The fourth-order valence-corrected chi connectivity index (χ4v) is 6.27. The molecule has 1 atom stereocenters. The number of urea groups is 1. The lowest BCUT2D eigenvalue weighted by Crippen LogP contribution is -2.49. The van der Waals surface area contributed by atoms with Crippen molar-refractivity contribution in [2.24, 2.45) is 23.2 Å². The van der Waals surface area contributed by atoms with Crippen LogP contribution in [0.25, 0.3) is 0 Å². The molecular weight excluding hydrogens is 315 g/mol. The van der Waals surface area contributed by atoms with Crippen molar-refractivity contribution in [3.63, 3.8) is 0 Å². The van der Waals surface area contributed by atoms with Crippen molar-refractivity contribution >= 4 is 11.7 Å². The zero-order valence-electron chi connectivity index (χ0n) is 15.1. The van der Waals surface area contributed by atoms with Gasteiger partial charge in [0.25, 0.3) is 0 Å². The summed E-state index contributed by atoms with van der Waals surface area (Å²) in [6.45, 7) is 2.13. The summed E-state index contributed by atoms with van der Waals surface area (Å²) in [5.74, 6) is 2.38. The Balaban J connectivity index is 1.38. The summed E-state index contributed by atoms with van der Waals surface area (Å²) in [6.07, 6.45) is 10.4. The average molecular weight is 344 g/mol. The van der Waals surface area contributed by atoms with Gasteiger partial charge in [0.2, 0.25) is 0 Å². The molecule has 0 heterocycles. The second-order valence-corrected chi connectivity index (χ2v) is 8.81. The molecule has 0 spiro atoms. The largest absolute Gasteiger partial charge is 0.335 e. The van der Waals surface area contributed by atoms with Gasteiger partial charge in [-0.1, -0.05) is 19.1 Å². The standard InChI is InChI=1S/C21H29FN2O/c1-2-17(23-20(25)24-19-6-4-3-5-18(19)22)13-21-10-14-7-15(11-21)9-16(8-14)12-21/h3-6,14-17H,2,7-13H2,1H3,(H2,23,24,25). The summed E-state index contributed by atoms with van der Waals surface area (Å²) >= 11 is 0. The highest BCUT2D eigenvalue weighted by molar-refractivity contribution is 5.89. The number of hydrogen-bond donors (Lipinski definition) is 2. The first-order chi connectivity index (χ1) is 12.0. The van der Waals surface area contributed by atoms with Gasteiger partial charge in [0, 0.05) is 6.04 Å². The Bertz CT molecular complexity index is 609. The molecule has 1 aromatic carbocycles. The minimum Gasteiger partial charge on any atom is -0.335 e. The molecule has 3 nitrogen and oxygen atoms in total. The van der Waals surface area contributed by atoms with Gasteiger partial charge in [-0.05, 0) is 86.7 Å². The summed E-state index contributed by atoms with van der Waals surface area (Å²) < 4.78 is 13.7. The second-order valence-electron chi connectivity index (χ2n) is 8.81. The van der Waals surface area contributed by atoms with Crippen LogP contribution in [0, 0.1) is 29.0 Å². The van der Waals surface area contributed by atoms with Gasteiger partial charge in [-0.3, -0.25) is 0 Å². The third-order valence-electron chi connectivity index (χ3n) is 6.79. The Morgan fingerprint density at radius 3 is 2.32 bits per heavy atom. The Kier molecular flexibility index (Phi) is 4.47. The Hall–Kier alpha value is -1.58. The van der Waals surface area contributed by atoms with Crippen LogP contribution in [0.4, 0.5) is 14.9 Å². The van der Waals surface area contributed by atoms with Crippen molar-refractivity contribution in [3.05, 3.63) is 30.1 Å². The number of hydrogen-bond acceptors (Lipinski definition) is 1. The van der Waals surface area contributed by atoms with E-state index in [-0.39, 0.29) is 17.8 Å². The van der Waals surface area contributed by atoms with Crippen molar-refractivity contribution in [3.8, 4) is 0 Å². The molecule has 4 aliphatic carbocycles. The SMILES string of the molecule is CCC(CC12CC3CC(CC(C3)C1)C2)NC(=O)Nc1ccccc1F. The molecule has 25 heavy (non-hydrogen) atoms. The van der Waals surface area contributed by atoms with Crippen LogP contribution in [0.5, 0.6) is 0 Å². The maximum absolute atomic E-state index is 13.7. The molecule has 2 N–H and O–H groups in total. The van der Waals surface area contributed by atoms with Crippen molar-refractivity contribution in [1.29, 1.82) is 0 Å². The zero-order chi connectivity index (χ0) is 17.4. The maximum atomic E-state index is 13.7. The van der Waals surface area contributed by atoms with Crippen molar-refractivity contribution in [1.82, 2.24) is 5.32 Å². The highest BCUT2D eigenvalue weighted by atomic mass is 19.1. The smallest absolute Gasteiger partial charge is 0.319 e. The first-order valence-corrected chi connectivity index (χ1v) is 9.87. The van der Waals surface area contributed by atoms with E-state index in [9.17, 15) is 9.18 Å². The highest BCUT2D eigenvalue weighted by Crippen LogP contribution is 2.61. The fourth-order valence-electron chi connectivity index (χ4n) is 6.27. The van der Waals surface area contributed by atoms with Gasteiger partial charge in [0.15, 0.2) is 0 Å². The van der Waals surface area contributed by atoms with Gasteiger partial charge in [-0.2, -0.15) is 0 Å². The number of anilines is 1. The number of nitrogens with one attached hydrogen (secondary N) is 2. The predicted molar refractivity (Wildman–Crippen MR) is 97.9 cm³/mol. The number of halogens is 1. The molecule has 5 rings (SSSR count). The molecule has 4 saturated carbocycles. The lowest BCUT2D eigenvalue weighted by molar-refractivity contribution is -0.0615. The van der Waals surface area contributed by atoms with Crippen LogP contribution in [-0.4, -0.2) is 12.1 Å². The highest BCUT2D eigenvalue weighted by Gasteiger charge is 2.51. The molecule has 136 valence electrons. The number of benzene rings is 1. The summed E-state index contributed by atoms with van der Waals surface area (Å²) in [6, 6.07) is 6.19. The maximum Gasteiger partial charge on any atom is 0.319 e. The number of amides is 2. The van der Waals surface area contributed by atoms with E-state index in [1.165, 1.54) is 44.6 Å². The summed E-state index contributed by atoms with van der Waals surface area (Å²) in [5, 5.41) is 5.76. The van der Waals surface area contributed by atoms with Crippen molar-refractivity contribution < 1.29 is 9.18 Å². The fraction of sp³-hybridized carbons (Fsp3) is 0.667. The summed E-state index contributed by atoms with van der Waals surface area (Å²) in [5.41, 5.74) is 0.686. The molecule has 0 aliphatic heterocycles. The topological polar surface area (TPSA) is 41.1 Å². The van der Waals surface area contributed by atoms with Crippen LogP contribution in [0.3, 0.4) is 0 Å². The van der Waals surface area contributed by atoms with Crippen LogP contribution in [-0.2, 0) is 0 Å². The lowest BCUT2D eigenvalue weighted by atomic mass is 9.48. The molecular formula is C21H29FN2O. The van der Waals surface area contributed by atoms with E-state index in [1.807, 2.05) is 0 Å². The van der Waals surface area contributed by atoms with E-state index in [0.29, 0.717) is 5.41 Å². The number of carbonyl (C=O) groups excluding carboxylic acids is 1. The quantitative estimate of drug-likeness (QED) is 0.744. The van der Waals surface area contributed by atoms with Gasteiger partial charge in [-0.15, -0.1) is 0 Å². The molecule has 0 aromatic heterocycles. The molecule has 1 unspecified atom stereocenters. The number of rotatable bonds is 5. The molecule has 4 bridgehead atoms. The van der Waals surface area contributed by atoms with Gasteiger partial charge in [0.05, 0.1) is 5.69 Å². The van der Waals surface area contributed by atoms with Gasteiger partial charge in [0.1, 0.15) is 5.82 Å². The van der Waals surface area contributed by atoms with Crippen molar-refractivity contribution in [2.45, 2.75) is 64.3 Å². The Morgan fingerprint density at radius 2 is 1.76 bits per heavy atom. The molecule has 4 heteroatoms. The normalized spacial score (nSPS) is 33.9. The minimum absolute atomic E-state index is 0.169. The van der Waals surface area contributed by atoms with Crippen LogP contribution in [0.15, 0.2) is 24.3 Å². The average Bonchev–Trinajstić information content (AvgIpc) is 2.55. The molecule has 4 fully saturated rings. The van der Waals surface area contributed by atoms with E-state index in [0.717, 1.165) is 30.6 Å². The first kappa shape index (κ1) is 16.9. The van der Waals surface area contributed by atoms with E-state index in [4.69, 9.17) is 0 Å². The monoisotopic (exact) mass is 344 g/mol. The van der Waals surface area contributed by atoms with E-state index < -0.39 is 5.82 Å². The van der Waals surface area contributed by atoms with Crippen LogP contribution in [0.2, 0.25) is 0 Å². The van der Waals surface area contributed by atoms with Gasteiger partial charge >= 0.3 is 6.03 Å². The molecule has 1 aromatic rings. The zero-order valence-corrected chi connectivity index (χ0v) is 15.1. The molecule has 4 aliphatic rings. The van der Waals surface area contributed by atoms with Crippen molar-refractivity contribution in [2.75, 3.05) is 5.32 Å². The lowest BCUT2D eigenvalue weighted by Gasteiger charge is -2.57. The van der Waals surface area contributed by atoms with E-state index in [1.54, 1.807) is 18.2 Å². The molecule has 0 radical (unpaired) electrons. The Morgan fingerprint density at radius 1 is 1.16 bits per heavy atom. The molecule has 2 amide bonds. The van der Waals surface area contributed by atoms with Crippen LogP contribution >= 0.6 is 0 Å².